The van der Waals surface area contributed by atoms with Crippen molar-refractivity contribution in [1.82, 2.24) is 9.88 Å². The van der Waals surface area contributed by atoms with Crippen molar-refractivity contribution in [2.75, 3.05) is 26.5 Å². The van der Waals surface area contributed by atoms with Crippen molar-refractivity contribution < 1.29 is 14.6 Å². The number of methoxy groups -OCH3 is 2. The maximum absolute atomic E-state index is 11.4. The molecule has 7 heteroatoms. The smallest absolute Gasteiger partial charge is 0.175 e. The van der Waals surface area contributed by atoms with Gasteiger partial charge in [-0.1, -0.05) is 23.9 Å². The fraction of sp³-hybridized carbons (Fsp3) is 0.333. The Kier molecular flexibility index (Phi) is 5.15. The first-order chi connectivity index (χ1) is 12.1. The van der Waals surface area contributed by atoms with E-state index < -0.39 is 5.72 Å². The second-order valence-electron chi connectivity index (χ2n) is 5.50. The van der Waals surface area contributed by atoms with Crippen LogP contribution in [0.5, 0.6) is 11.5 Å². The van der Waals surface area contributed by atoms with Crippen LogP contribution in [0.2, 0.25) is 0 Å². The highest BCUT2D eigenvalue weighted by Gasteiger charge is 2.44. The third-order valence-corrected chi connectivity index (χ3v) is 5.22. The third kappa shape index (κ3) is 3.29. The molecule has 0 amide bonds. The molecule has 0 radical (unpaired) electrons. The Morgan fingerprint density at radius 1 is 1.24 bits per heavy atom. The molecule has 0 bridgehead atoms. The number of nitrogens with zero attached hydrogens (tertiary/aromatic N) is 3. The van der Waals surface area contributed by atoms with Crippen LogP contribution >= 0.6 is 11.8 Å². The normalized spacial score (nSPS) is 21.6. The maximum Gasteiger partial charge on any atom is 0.175 e. The summed E-state index contributed by atoms with van der Waals surface area (Å²) in [5.41, 5.74) is -0.419. The van der Waals surface area contributed by atoms with Crippen molar-refractivity contribution >= 4 is 22.7 Å². The summed E-state index contributed by atoms with van der Waals surface area (Å²) >= 11 is 1.51. The Morgan fingerprint density at radius 3 is 2.68 bits per heavy atom. The fourth-order valence-corrected chi connectivity index (χ4v) is 4.06. The second kappa shape index (κ2) is 7.33. The molecule has 6 nitrogen and oxygen atoms in total. The Labute approximate surface area is 151 Å². The first kappa shape index (κ1) is 17.6. The van der Waals surface area contributed by atoms with Crippen LogP contribution in [-0.4, -0.2) is 46.7 Å². The van der Waals surface area contributed by atoms with E-state index in [1.54, 1.807) is 26.5 Å². The van der Waals surface area contributed by atoms with Gasteiger partial charge in [-0.2, -0.15) is 0 Å². The van der Waals surface area contributed by atoms with Crippen molar-refractivity contribution in [2.45, 2.75) is 12.6 Å². The summed E-state index contributed by atoms with van der Waals surface area (Å²) in [5, 5.41) is 12.1. The van der Waals surface area contributed by atoms with Gasteiger partial charge in [0.05, 0.1) is 20.0 Å². The number of hydrogen-bond donors (Lipinski definition) is 1. The average molecular weight is 359 g/mol. The van der Waals surface area contributed by atoms with E-state index in [-0.39, 0.29) is 0 Å². The van der Waals surface area contributed by atoms with Crippen LogP contribution in [0.15, 0.2) is 47.6 Å². The van der Waals surface area contributed by atoms with Gasteiger partial charge in [0.25, 0.3) is 0 Å². The quantitative estimate of drug-likeness (QED) is 0.885. The number of rotatable bonds is 5. The molecule has 0 spiro atoms. The molecule has 0 saturated carbocycles. The Balaban J connectivity index is 1.97. The van der Waals surface area contributed by atoms with Gasteiger partial charge in [-0.15, -0.1) is 0 Å². The summed E-state index contributed by atoms with van der Waals surface area (Å²) in [4.78, 5) is 10.7. The van der Waals surface area contributed by atoms with Crippen molar-refractivity contribution in [3.63, 3.8) is 0 Å². The zero-order chi connectivity index (χ0) is 17.9. The van der Waals surface area contributed by atoms with Crippen LogP contribution in [0.25, 0.3) is 0 Å². The molecule has 3 rings (SSSR count). The molecule has 1 fully saturated rings. The number of thioether (sulfide) groups is 1. The van der Waals surface area contributed by atoms with Gasteiger partial charge in [-0.3, -0.25) is 0 Å². The predicted molar refractivity (Wildman–Crippen MR) is 99.6 cm³/mol. The monoisotopic (exact) mass is 359 g/mol. The average Bonchev–Trinajstić information content (AvgIpc) is 2.98. The van der Waals surface area contributed by atoms with Gasteiger partial charge in [0, 0.05) is 18.3 Å². The van der Waals surface area contributed by atoms with E-state index in [9.17, 15) is 5.11 Å². The standard InChI is InChI=1S/C18H21N3O3S/c1-4-21-17(20-16-7-5-6-10-19-16)25-12-18(21,22)13-8-9-14(23-2)15(11-13)24-3/h5-11,22H,4,12H2,1-3H3. The molecule has 0 aliphatic carbocycles. The van der Waals surface area contributed by atoms with Crippen molar-refractivity contribution in [3.05, 3.63) is 48.2 Å². The summed E-state index contributed by atoms with van der Waals surface area (Å²) in [5.74, 6) is 2.32. The van der Waals surface area contributed by atoms with Crippen molar-refractivity contribution in [3.8, 4) is 11.5 Å². The number of ether oxygens (including phenoxy) is 2. The van der Waals surface area contributed by atoms with E-state index in [0.717, 1.165) is 10.7 Å². The number of benzene rings is 1. The van der Waals surface area contributed by atoms with E-state index in [0.29, 0.717) is 29.6 Å². The van der Waals surface area contributed by atoms with E-state index in [4.69, 9.17) is 9.47 Å². The number of amidine groups is 1. The minimum absolute atomic E-state index is 0.474. The molecule has 25 heavy (non-hydrogen) atoms. The molecule has 1 saturated heterocycles. The van der Waals surface area contributed by atoms with E-state index in [1.807, 2.05) is 42.2 Å². The number of aliphatic imine (C=N–C) groups is 1. The zero-order valence-electron chi connectivity index (χ0n) is 14.5. The summed E-state index contributed by atoms with van der Waals surface area (Å²) in [6.07, 6.45) is 1.70. The zero-order valence-corrected chi connectivity index (χ0v) is 15.3. The summed E-state index contributed by atoms with van der Waals surface area (Å²) in [6.45, 7) is 2.61. The van der Waals surface area contributed by atoms with Crippen LogP contribution in [-0.2, 0) is 5.72 Å². The number of pyridine rings is 1. The van der Waals surface area contributed by atoms with Crippen LogP contribution in [0, 0.1) is 0 Å². The molecular weight excluding hydrogens is 338 g/mol. The van der Waals surface area contributed by atoms with Gasteiger partial charge in [-0.25, -0.2) is 9.98 Å². The van der Waals surface area contributed by atoms with E-state index in [2.05, 4.69) is 9.98 Å². The Hall–Kier alpha value is -2.25. The third-order valence-electron chi connectivity index (χ3n) is 4.10. The molecule has 2 heterocycles. The highest BCUT2D eigenvalue weighted by atomic mass is 32.2. The Bertz CT molecular complexity index is 769. The lowest BCUT2D eigenvalue weighted by Gasteiger charge is -2.34. The highest BCUT2D eigenvalue weighted by molar-refractivity contribution is 8.14. The molecule has 132 valence electrons. The van der Waals surface area contributed by atoms with Gasteiger partial charge in [0.2, 0.25) is 0 Å². The highest BCUT2D eigenvalue weighted by Crippen LogP contribution is 2.42. The number of hydrogen-bond acceptors (Lipinski definition) is 6. The topological polar surface area (TPSA) is 67.2 Å². The van der Waals surface area contributed by atoms with Gasteiger partial charge in [-0.05, 0) is 31.2 Å². The van der Waals surface area contributed by atoms with Crippen LogP contribution in [0.1, 0.15) is 12.5 Å². The van der Waals surface area contributed by atoms with Gasteiger partial charge in [0.1, 0.15) is 0 Å². The van der Waals surface area contributed by atoms with Crippen molar-refractivity contribution in [1.29, 1.82) is 0 Å². The van der Waals surface area contributed by atoms with Gasteiger partial charge < -0.3 is 19.5 Å². The SMILES string of the molecule is CCN1C(=Nc2ccccn2)SCC1(O)c1ccc(OC)c(OC)c1. The summed E-state index contributed by atoms with van der Waals surface area (Å²) < 4.78 is 10.7. The van der Waals surface area contributed by atoms with Crippen LogP contribution in [0.3, 0.4) is 0 Å². The summed E-state index contributed by atoms with van der Waals surface area (Å²) in [7, 11) is 3.17. The largest absolute Gasteiger partial charge is 0.493 e. The minimum atomic E-state index is -1.16. The lowest BCUT2D eigenvalue weighted by Crippen LogP contribution is -2.44. The molecule has 1 aromatic carbocycles. The molecule has 2 aromatic rings. The lowest BCUT2D eigenvalue weighted by atomic mass is 10.0. The number of aliphatic hydroxyl groups is 1. The lowest BCUT2D eigenvalue weighted by molar-refractivity contribution is -0.0453. The second-order valence-corrected chi connectivity index (χ2v) is 6.44. The van der Waals surface area contributed by atoms with Crippen LogP contribution < -0.4 is 9.47 Å². The number of aromatic nitrogens is 1. The molecule has 1 unspecified atom stereocenters. The molecule has 1 aromatic heterocycles. The molecule has 1 aliphatic rings. The van der Waals surface area contributed by atoms with Gasteiger partial charge in [0.15, 0.2) is 28.2 Å². The molecule has 1 atom stereocenters. The molecule has 1 N–H and O–H groups in total. The minimum Gasteiger partial charge on any atom is -0.493 e. The van der Waals surface area contributed by atoms with E-state index in [1.165, 1.54) is 11.8 Å². The predicted octanol–water partition coefficient (Wildman–Crippen LogP) is 3.00. The Morgan fingerprint density at radius 2 is 2.04 bits per heavy atom. The molecule has 1 aliphatic heterocycles. The van der Waals surface area contributed by atoms with Crippen molar-refractivity contribution in [2.24, 2.45) is 4.99 Å². The summed E-state index contributed by atoms with van der Waals surface area (Å²) in [6, 6.07) is 11.1. The van der Waals surface area contributed by atoms with Crippen LogP contribution in [0.4, 0.5) is 5.82 Å². The first-order valence-electron chi connectivity index (χ1n) is 7.97. The van der Waals surface area contributed by atoms with Gasteiger partial charge >= 0.3 is 0 Å². The molecular formula is C18H21N3O3S. The van der Waals surface area contributed by atoms with E-state index >= 15 is 0 Å². The fourth-order valence-electron chi connectivity index (χ4n) is 2.81. The maximum atomic E-state index is 11.4. The first-order valence-corrected chi connectivity index (χ1v) is 8.96.